The summed E-state index contributed by atoms with van der Waals surface area (Å²) in [5, 5.41) is 0. The van der Waals surface area contributed by atoms with Gasteiger partial charge in [0.05, 0.1) is 0 Å². The van der Waals surface area contributed by atoms with Gasteiger partial charge in [-0.05, 0) is 19.0 Å². The molecule has 0 N–H and O–H groups in total. The van der Waals surface area contributed by atoms with Gasteiger partial charge in [0.15, 0.2) is 0 Å². The smallest absolute Gasteiger partial charge is 0.224 e. The number of nitrogens with zero attached hydrogens (tertiary/aromatic N) is 3. The molecule has 2 rings (SSSR count). The van der Waals surface area contributed by atoms with Crippen LogP contribution in [0.25, 0.3) is 0 Å². The first kappa shape index (κ1) is 18.5. The molecule has 0 aliphatic carbocycles. The first-order valence-corrected chi connectivity index (χ1v) is 8.80. The largest absolute Gasteiger partial charge is 0.340 e. The van der Waals surface area contributed by atoms with Gasteiger partial charge in [-0.15, -0.1) is 0 Å². The molecule has 0 atom stereocenters. The topological polar surface area (TPSA) is 43.9 Å². The molecule has 0 saturated carbocycles. The summed E-state index contributed by atoms with van der Waals surface area (Å²) in [5.41, 5.74) is 2.30. The molecule has 0 bridgehead atoms. The van der Waals surface area contributed by atoms with Gasteiger partial charge >= 0.3 is 0 Å². The van der Waals surface area contributed by atoms with E-state index in [1.807, 2.05) is 36.1 Å². The molecule has 1 saturated heterocycles. The lowest BCUT2D eigenvalue weighted by molar-refractivity contribution is -0.135. The Balaban J connectivity index is 1.83. The number of carbonyl (C=O) groups is 2. The lowest BCUT2D eigenvalue weighted by Gasteiger charge is -2.34. The molecule has 1 heterocycles. The van der Waals surface area contributed by atoms with E-state index in [2.05, 4.69) is 11.8 Å². The van der Waals surface area contributed by atoms with Crippen LogP contribution in [0.5, 0.6) is 0 Å². The van der Waals surface area contributed by atoms with Crippen LogP contribution < -0.4 is 0 Å². The van der Waals surface area contributed by atoms with E-state index in [1.54, 1.807) is 11.8 Å². The van der Waals surface area contributed by atoms with Gasteiger partial charge in [0, 0.05) is 52.6 Å². The summed E-state index contributed by atoms with van der Waals surface area (Å²) in [6, 6.07) is 8.17. The molecular weight excluding hydrogens is 302 g/mol. The Kier molecular flexibility index (Phi) is 6.79. The molecule has 5 heteroatoms. The van der Waals surface area contributed by atoms with E-state index in [4.69, 9.17) is 0 Å². The van der Waals surface area contributed by atoms with Crippen LogP contribution >= 0.6 is 0 Å². The fourth-order valence-corrected chi connectivity index (χ4v) is 2.96. The normalized spacial score (nSPS) is 15.4. The first-order valence-electron chi connectivity index (χ1n) is 8.80. The van der Waals surface area contributed by atoms with Gasteiger partial charge in [0.1, 0.15) is 0 Å². The predicted molar refractivity (Wildman–Crippen MR) is 95.6 cm³/mol. The van der Waals surface area contributed by atoms with E-state index >= 15 is 0 Å². The van der Waals surface area contributed by atoms with Crippen LogP contribution in [0, 0.1) is 6.92 Å². The highest BCUT2D eigenvalue weighted by atomic mass is 16.2. The molecule has 1 fully saturated rings. The summed E-state index contributed by atoms with van der Waals surface area (Å²) in [4.78, 5) is 30.3. The number of amides is 2. The molecule has 5 nitrogen and oxygen atoms in total. The fraction of sp³-hybridized carbons (Fsp3) is 0.579. The minimum atomic E-state index is 0.0131. The maximum absolute atomic E-state index is 12.4. The molecule has 24 heavy (non-hydrogen) atoms. The Morgan fingerprint density at radius 2 is 1.71 bits per heavy atom. The zero-order valence-electron chi connectivity index (χ0n) is 15.1. The molecule has 0 spiro atoms. The highest BCUT2D eigenvalue weighted by molar-refractivity contribution is 5.78. The summed E-state index contributed by atoms with van der Waals surface area (Å²) in [5.74, 6) is 0.167. The van der Waals surface area contributed by atoms with Crippen LogP contribution in [0.15, 0.2) is 24.3 Å². The number of piperazine rings is 1. The third-order valence-corrected chi connectivity index (χ3v) is 4.71. The van der Waals surface area contributed by atoms with E-state index in [9.17, 15) is 9.59 Å². The van der Waals surface area contributed by atoms with Crippen molar-refractivity contribution < 1.29 is 9.59 Å². The highest BCUT2D eigenvalue weighted by Gasteiger charge is 2.21. The van der Waals surface area contributed by atoms with Gasteiger partial charge in [-0.25, -0.2) is 0 Å². The van der Waals surface area contributed by atoms with E-state index in [-0.39, 0.29) is 11.8 Å². The second kappa shape index (κ2) is 8.83. The number of hydrogen-bond acceptors (Lipinski definition) is 3. The maximum atomic E-state index is 12.4. The van der Waals surface area contributed by atoms with Crippen molar-refractivity contribution in [1.29, 1.82) is 0 Å². The van der Waals surface area contributed by atoms with E-state index in [1.165, 1.54) is 5.56 Å². The standard InChI is InChI=1S/C19H29N3O2/c1-4-20-11-13-21(14-12-20)19(24)9-10-22(17(3)23)15-18-7-5-16(2)6-8-18/h5-8H,4,9-15H2,1-3H3. The molecule has 132 valence electrons. The molecule has 0 radical (unpaired) electrons. The minimum absolute atomic E-state index is 0.0131. The molecular formula is C19H29N3O2. The predicted octanol–water partition coefficient (Wildman–Crippen LogP) is 1.90. The Labute approximate surface area is 145 Å². The minimum Gasteiger partial charge on any atom is -0.340 e. The molecule has 1 aliphatic heterocycles. The molecule has 1 aliphatic rings. The maximum Gasteiger partial charge on any atom is 0.224 e. The molecule has 1 aromatic rings. The van der Waals surface area contributed by atoms with E-state index in [0.29, 0.717) is 19.5 Å². The molecule has 0 unspecified atom stereocenters. The highest BCUT2D eigenvalue weighted by Crippen LogP contribution is 2.09. The second-order valence-electron chi connectivity index (χ2n) is 6.49. The van der Waals surface area contributed by atoms with Crippen molar-refractivity contribution in [2.75, 3.05) is 39.3 Å². The van der Waals surface area contributed by atoms with Crippen LogP contribution in [0.4, 0.5) is 0 Å². The van der Waals surface area contributed by atoms with Crippen molar-refractivity contribution in [3.63, 3.8) is 0 Å². The average Bonchev–Trinajstić information content (AvgIpc) is 2.59. The number of rotatable bonds is 6. The van der Waals surface area contributed by atoms with Crippen LogP contribution in [0.1, 0.15) is 31.4 Å². The number of likely N-dealkylation sites (N-methyl/N-ethyl adjacent to an activating group) is 1. The fourth-order valence-electron chi connectivity index (χ4n) is 2.96. The number of benzene rings is 1. The molecule has 2 amide bonds. The van der Waals surface area contributed by atoms with Crippen molar-refractivity contribution in [3.8, 4) is 0 Å². The summed E-state index contributed by atoms with van der Waals surface area (Å²) in [6.07, 6.45) is 0.400. The van der Waals surface area contributed by atoms with Gasteiger partial charge < -0.3 is 14.7 Å². The Bertz CT molecular complexity index is 548. The lowest BCUT2D eigenvalue weighted by Crippen LogP contribution is -2.49. The first-order chi connectivity index (χ1) is 11.5. The van der Waals surface area contributed by atoms with Crippen LogP contribution in [0.3, 0.4) is 0 Å². The van der Waals surface area contributed by atoms with Crippen LogP contribution in [0.2, 0.25) is 0 Å². The van der Waals surface area contributed by atoms with Gasteiger partial charge in [-0.3, -0.25) is 9.59 Å². The van der Waals surface area contributed by atoms with E-state index in [0.717, 1.165) is 38.3 Å². The molecule has 1 aromatic carbocycles. The van der Waals surface area contributed by atoms with Gasteiger partial charge in [0.25, 0.3) is 0 Å². The van der Waals surface area contributed by atoms with Gasteiger partial charge in [-0.2, -0.15) is 0 Å². The van der Waals surface area contributed by atoms with Crippen LogP contribution in [-0.2, 0) is 16.1 Å². The lowest BCUT2D eigenvalue weighted by atomic mass is 10.1. The van der Waals surface area contributed by atoms with Crippen molar-refractivity contribution in [2.45, 2.75) is 33.7 Å². The summed E-state index contributed by atoms with van der Waals surface area (Å²) < 4.78 is 0. The van der Waals surface area contributed by atoms with Crippen molar-refractivity contribution in [3.05, 3.63) is 35.4 Å². The SMILES string of the molecule is CCN1CCN(C(=O)CCN(Cc2ccc(C)cc2)C(C)=O)CC1. The second-order valence-corrected chi connectivity index (χ2v) is 6.49. The van der Waals surface area contributed by atoms with Crippen LogP contribution in [-0.4, -0.2) is 65.8 Å². The number of carbonyl (C=O) groups excluding carboxylic acids is 2. The van der Waals surface area contributed by atoms with Crippen molar-refractivity contribution >= 4 is 11.8 Å². The van der Waals surface area contributed by atoms with Crippen molar-refractivity contribution in [1.82, 2.24) is 14.7 Å². The van der Waals surface area contributed by atoms with Crippen molar-refractivity contribution in [2.24, 2.45) is 0 Å². The summed E-state index contributed by atoms with van der Waals surface area (Å²) in [7, 11) is 0. The monoisotopic (exact) mass is 331 g/mol. The van der Waals surface area contributed by atoms with Gasteiger partial charge in [-0.1, -0.05) is 36.8 Å². The molecule has 0 aromatic heterocycles. The van der Waals surface area contributed by atoms with Gasteiger partial charge in [0.2, 0.25) is 11.8 Å². The third-order valence-electron chi connectivity index (χ3n) is 4.71. The average molecular weight is 331 g/mol. The van der Waals surface area contributed by atoms with E-state index < -0.39 is 0 Å². The quantitative estimate of drug-likeness (QED) is 0.800. The Morgan fingerprint density at radius 1 is 1.08 bits per heavy atom. The number of hydrogen-bond donors (Lipinski definition) is 0. The summed E-state index contributed by atoms with van der Waals surface area (Å²) in [6.45, 7) is 11.3. The zero-order valence-corrected chi connectivity index (χ0v) is 15.1. The summed E-state index contributed by atoms with van der Waals surface area (Å²) >= 11 is 0. The Hall–Kier alpha value is -1.88. The number of aryl methyl sites for hydroxylation is 1. The zero-order chi connectivity index (χ0) is 17.5. The Morgan fingerprint density at radius 3 is 2.25 bits per heavy atom. The third kappa shape index (κ3) is 5.34.